The van der Waals surface area contributed by atoms with Gasteiger partial charge in [0.05, 0.1) is 36.3 Å². The van der Waals surface area contributed by atoms with Crippen molar-refractivity contribution in [3.05, 3.63) is 63.2 Å². The molecule has 9 nitrogen and oxygen atoms in total. The molecule has 31 heavy (non-hydrogen) atoms. The molecule has 10 heteroatoms. The summed E-state index contributed by atoms with van der Waals surface area (Å²) in [7, 11) is 2.90. The number of amides is 1. The van der Waals surface area contributed by atoms with Crippen LogP contribution in [0.25, 0.3) is 0 Å². The van der Waals surface area contributed by atoms with Gasteiger partial charge in [-0.3, -0.25) is 14.9 Å². The molecule has 0 radical (unpaired) electrons. The van der Waals surface area contributed by atoms with Gasteiger partial charge in [-0.1, -0.05) is 18.2 Å². The highest BCUT2D eigenvalue weighted by atomic mass is 32.2. The largest absolute Gasteiger partial charge is 0.493 e. The van der Waals surface area contributed by atoms with Crippen LogP contribution in [0.4, 0.5) is 5.69 Å². The molecule has 0 spiro atoms. The normalized spacial score (nSPS) is 10.2. The zero-order valence-electron chi connectivity index (χ0n) is 17.3. The molecule has 164 valence electrons. The lowest BCUT2D eigenvalue weighted by Gasteiger charge is -2.13. The van der Waals surface area contributed by atoms with Gasteiger partial charge in [-0.25, -0.2) is 0 Å². The van der Waals surface area contributed by atoms with Crippen LogP contribution in [0.5, 0.6) is 11.5 Å². The molecule has 2 aromatic carbocycles. The first-order chi connectivity index (χ1) is 15.0. The molecule has 2 aromatic rings. The second-order valence-electron chi connectivity index (χ2n) is 6.20. The Morgan fingerprint density at radius 1 is 1.23 bits per heavy atom. The van der Waals surface area contributed by atoms with Crippen LogP contribution in [-0.4, -0.2) is 50.6 Å². The minimum Gasteiger partial charge on any atom is -0.493 e. The van der Waals surface area contributed by atoms with Crippen molar-refractivity contribution in [3.63, 3.8) is 0 Å². The summed E-state index contributed by atoms with van der Waals surface area (Å²) in [5.74, 6) is 1.01. The van der Waals surface area contributed by atoms with Gasteiger partial charge in [0.25, 0.3) is 11.6 Å². The van der Waals surface area contributed by atoms with Gasteiger partial charge in [0.15, 0.2) is 11.5 Å². The smallest absolute Gasteiger partial charge is 0.286 e. The third kappa shape index (κ3) is 6.87. The topological polar surface area (TPSA) is 124 Å². The van der Waals surface area contributed by atoms with E-state index in [0.29, 0.717) is 30.2 Å². The number of carbonyl (C=O) groups is 1. The SMILES string of the molecule is COCCOc1cc([N+](=O)[O-])c(C(=O)NCCSCc2ccccc2C#N)cc1OC. The van der Waals surface area contributed by atoms with E-state index >= 15 is 0 Å². The molecule has 2 rings (SSSR count). The van der Waals surface area contributed by atoms with Crippen molar-refractivity contribution in [2.24, 2.45) is 0 Å². The Balaban J connectivity index is 2.00. The van der Waals surface area contributed by atoms with Gasteiger partial charge in [-0.2, -0.15) is 17.0 Å². The summed E-state index contributed by atoms with van der Waals surface area (Å²) in [4.78, 5) is 23.4. The standard InChI is InChI=1S/C21H23N3O6S/c1-28-8-9-30-20-12-18(24(26)27)17(11-19(20)29-2)21(25)23-7-10-31-14-16-6-4-3-5-15(16)13-22/h3-6,11-12H,7-10,14H2,1-2H3,(H,23,25). The number of nitrogens with zero attached hydrogens (tertiary/aromatic N) is 2. The van der Waals surface area contributed by atoms with Crippen LogP contribution < -0.4 is 14.8 Å². The highest BCUT2D eigenvalue weighted by Crippen LogP contribution is 2.34. The van der Waals surface area contributed by atoms with E-state index in [1.165, 1.54) is 26.4 Å². The van der Waals surface area contributed by atoms with Crippen LogP contribution in [0.1, 0.15) is 21.5 Å². The summed E-state index contributed by atoms with van der Waals surface area (Å²) >= 11 is 1.55. The molecule has 0 atom stereocenters. The number of hydrogen-bond donors (Lipinski definition) is 1. The fourth-order valence-electron chi connectivity index (χ4n) is 2.66. The molecule has 0 aliphatic heterocycles. The average molecular weight is 445 g/mol. The van der Waals surface area contributed by atoms with E-state index in [0.717, 1.165) is 5.56 Å². The van der Waals surface area contributed by atoms with Crippen LogP contribution >= 0.6 is 11.8 Å². The van der Waals surface area contributed by atoms with Gasteiger partial charge in [0, 0.05) is 31.2 Å². The second kappa shape index (κ2) is 12.4. The molecule has 0 aromatic heterocycles. The molecule has 0 aliphatic rings. The van der Waals surface area contributed by atoms with Gasteiger partial charge in [0.1, 0.15) is 12.2 Å². The predicted octanol–water partition coefficient (Wildman–Crippen LogP) is 3.16. The maximum atomic E-state index is 12.6. The molecular formula is C21H23N3O6S. The van der Waals surface area contributed by atoms with E-state index in [-0.39, 0.29) is 29.4 Å². The fourth-order valence-corrected chi connectivity index (χ4v) is 3.52. The molecule has 0 bridgehead atoms. The zero-order valence-corrected chi connectivity index (χ0v) is 18.1. The molecule has 0 unspecified atom stereocenters. The third-order valence-corrected chi connectivity index (χ3v) is 5.20. The summed E-state index contributed by atoms with van der Waals surface area (Å²) in [6, 6.07) is 11.9. The second-order valence-corrected chi connectivity index (χ2v) is 7.30. The van der Waals surface area contributed by atoms with E-state index in [4.69, 9.17) is 19.5 Å². The number of methoxy groups -OCH3 is 2. The Kier molecular flexibility index (Phi) is 9.61. The van der Waals surface area contributed by atoms with Crippen molar-refractivity contribution < 1.29 is 23.9 Å². The Morgan fingerprint density at radius 2 is 2.00 bits per heavy atom. The first kappa shape index (κ1) is 24.0. The molecular weight excluding hydrogens is 422 g/mol. The van der Waals surface area contributed by atoms with E-state index in [1.807, 2.05) is 18.2 Å². The molecule has 0 saturated heterocycles. The quantitative estimate of drug-likeness (QED) is 0.300. The summed E-state index contributed by atoms with van der Waals surface area (Å²) < 4.78 is 15.6. The monoisotopic (exact) mass is 445 g/mol. The Hall–Kier alpha value is -3.29. The number of carbonyl (C=O) groups excluding carboxylic acids is 1. The Morgan fingerprint density at radius 3 is 2.68 bits per heavy atom. The number of hydrogen-bond acceptors (Lipinski definition) is 8. The van der Waals surface area contributed by atoms with Crippen molar-refractivity contribution in [2.75, 3.05) is 39.7 Å². The maximum Gasteiger partial charge on any atom is 0.286 e. The lowest BCUT2D eigenvalue weighted by molar-refractivity contribution is -0.385. The minimum atomic E-state index is -0.634. The highest BCUT2D eigenvalue weighted by Gasteiger charge is 2.24. The molecule has 0 heterocycles. The van der Waals surface area contributed by atoms with Crippen LogP contribution in [0, 0.1) is 21.4 Å². The van der Waals surface area contributed by atoms with Crippen molar-refractivity contribution in [1.82, 2.24) is 5.32 Å². The van der Waals surface area contributed by atoms with E-state index in [1.54, 1.807) is 17.8 Å². The Labute approximate surface area is 184 Å². The van der Waals surface area contributed by atoms with E-state index in [9.17, 15) is 14.9 Å². The average Bonchev–Trinajstić information content (AvgIpc) is 2.78. The molecule has 1 N–H and O–H groups in total. The highest BCUT2D eigenvalue weighted by molar-refractivity contribution is 7.98. The van der Waals surface area contributed by atoms with E-state index < -0.39 is 10.8 Å². The summed E-state index contributed by atoms with van der Waals surface area (Å²) in [6.45, 7) is 0.793. The van der Waals surface area contributed by atoms with Gasteiger partial charge in [-0.05, 0) is 11.6 Å². The van der Waals surface area contributed by atoms with Crippen LogP contribution in [-0.2, 0) is 10.5 Å². The van der Waals surface area contributed by atoms with Gasteiger partial charge < -0.3 is 19.5 Å². The van der Waals surface area contributed by atoms with Crippen molar-refractivity contribution in [2.45, 2.75) is 5.75 Å². The number of nitro benzene ring substituents is 1. The lowest BCUT2D eigenvalue weighted by Crippen LogP contribution is -2.26. The van der Waals surface area contributed by atoms with E-state index in [2.05, 4.69) is 11.4 Å². The number of ether oxygens (including phenoxy) is 3. The van der Waals surface area contributed by atoms with Gasteiger partial charge in [-0.15, -0.1) is 0 Å². The number of nitro groups is 1. The predicted molar refractivity (Wildman–Crippen MR) is 117 cm³/mol. The fraction of sp³-hybridized carbons (Fsp3) is 0.333. The molecule has 0 fully saturated rings. The van der Waals surface area contributed by atoms with Crippen LogP contribution in [0.3, 0.4) is 0 Å². The number of thioether (sulfide) groups is 1. The summed E-state index contributed by atoms with van der Waals surface area (Å²) in [5.41, 5.74) is 1.06. The Bertz CT molecular complexity index is 961. The van der Waals surface area contributed by atoms with Gasteiger partial charge in [0.2, 0.25) is 0 Å². The molecule has 1 amide bonds. The first-order valence-electron chi connectivity index (χ1n) is 9.34. The zero-order chi connectivity index (χ0) is 22.6. The number of nitriles is 1. The minimum absolute atomic E-state index is 0.110. The summed E-state index contributed by atoms with van der Waals surface area (Å²) in [6.07, 6.45) is 0. The number of benzene rings is 2. The van der Waals surface area contributed by atoms with Crippen molar-refractivity contribution in [3.8, 4) is 17.6 Å². The van der Waals surface area contributed by atoms with Crippen LogP contribution in [0.15, 0.2) is 36.4 Å². The third-order valence-electron chi connectivity index (χ3n) is 4.20. The van der Waals surface area contributed by atoms with Gasteiger partial charge >= 0.3 is 0 Å². The summed E-state index contributed by atoms with van der Waals surface area (Å²) in [5, 5.41) is 23.3. The first-order valence-corrected chi connectivity index (χ1v) is 10.5. The number of nitrogens with one attached hydrogen (secondary N) is 1. The lowest BCUT2D eigenvalue weighted by atomic mass is 10.1. The van der Waals surface area contributed by atoms with Crippen molar-refractivity contribution in [1.29, 1.82) is 5.26 Å². The van der Waals surface area contributed by atoms with Crippen molar-refractivity contribution >= 4 is 23.4 Å². The molecule has 0 saturated carbocycles. The number of rotatable bonds is 12. The maximum absolute atomic E-state index is 12.6. The molecule has 0 aliphatic carbocycles. The van der Waals surface area contributed by atoms with Crippen LogP contribution in [0.2, 0.25) is 0 Å².